The molecule has 39 valence electrons. The van der Waals surface area contributed by atoms with Gasteiger partial charge in [-0.2, -0.15) is 0 Å². The van der Waals surface area contributed by atoms with E-state index < -0.39 is 0 Å². The van der Waals surface area contributed by atoms with Crippen molar-refractivity contribution in [1.82, 2.24) is 5.32 Å². The lowest BCUT2D eigenvalue weighted by Crippen LogP contribution is -2.15. The van der Waals surface area contributed by atoms with Gasteiger partial charge in [0.15, 0.2) is 0 Å². The highest BCUT2D eigenvalue weighted by molar-refractivity contribution is 5.39. The van der Waals surface area contributed by atoms with Crippen LogP contribution in [0.5, 0.6) is 0 Å². The van der Waals surface area contributed by atoms with E-state index in [0.717, 1.165) is 0 Å². The quantitative estimate of drug-likeness (QED) is 0.478. The van der Waals surface area contributed by atoms with Gasteiger partial charge in [-0.1, -0.05) is 18.2 Å². The Hall–Kier alpha value is -0.980. The van der Waals surface area contributed by atoms with Crippen LogP contribution in [0.2, 0.25) is 0 Å². The highest BCUT2D eigenvalue weighted by Crippen LogP contribution is 2.15. The van der Waals surface area contributed by atoms with Crippen molar-refractivity contribution in [3.63, 3.8) is 0 Å². The molecular formula is C7H6N. The van der Waals surface area contributed by atoms with Crippen molar-refractivity contribution >= 4 is 0 Å². The monoisotopic (exact) mass is 104 g/mol. The Morgan fingerprint density at radius 2 is 2.62 bits per heavy atom. The van der Waals surface area contributed by atoms with E-state index in [2.05, 4.69) is 23.5 Å². The maximum absolute atomic E-state index is 3.13. The first-order valence-corrected chi connectivity index (χ1v) is 2.69. The first-order chi connectivity index (χ1) is 3.97. The molecule has 0 spiro atoms. The number of fused-ring (bicyclic) bond motifs is 1. The second kappa shape index (κ2) is 1.25. The van der Waals surface area contributed by atoms with Gasteiger partial charge in [0.25, 0.3) is 0 Å². The van der Waals surface area contributed by atoms with Crippen molar-refractivity contribution in [3.05, 3.63) is 36.1 Å². The van der Waals surface area contributed by atoms with Crippen molar-refractivity contribution in [3.8, 4) is 0 Å². The summed E-state index contributed by atoms with van der Waals surface area (Å²) in [5, 5.41) is 3.13. The summed E-state index contributed by atoms with van der Waals surface area (Å²) in [5.74, 6) is 0. The molecule has 8 heavy (non-hydrogen) atoms. The predicted molar refractivity (Wildman–Crippen MR) is 32.0 cm³/mol. The Bertz CT molecular complexity index is 187. The molecule has 1 radical (unpaired) electrons. The molecule has 1 atom stereocenters. The Balaban J connectivity index is 2.39. The molecule has 1 nitrogen and oxygen atoms in total. The smallest absolute Gasteiger partial charge is 0.0702 e. The lowest BCUT2D eigenvalue weighted by Gasteiger charge is -2.00. The van der Waals surface area contributed by atoms with Crippen molar-refractivity contribution < 1.29 is 0 Å². The van der Waals surface area contributed by atoms with Gasteiger partial charge in [-0.05, 0) is 5.57 Å². The molecule has 0 fully saturated rings. The summed E-state index contributed by atoms with van der Waals surface area (Å²) in [6.07, 6.45) is 11.2. The molecular weight excluding hydrogens is 98.1 g/mol. The Kier molecular flexibility index (Phi) is 0.618. The number of allylic oxidation sites excluding steroid dienone is 2. The number of hydrogen-bond donors (Lipinski definition) is 1. The molecule has 2 rings (SSSR count). The van der Waals surface area contributed by atoms with Crippen LogP contribution in [0.1, 0.15) is 0 Å². The summed E-state index contributed by atoms with van der Waals surface area (Å²) in [4.78, 5) is 0. The van der Waals surface area contributed by atoms with Crippen LogP contribution in [-0.2, 0) is 0 Å². The van der Waals surface area contributed by atoms with Gasteiger partial charge < -0.3 is 5.32 Å². The summed E-state index contributed by atoms with van der Waals surface area (Å²) >= 11 is 0. The largest absolute Gasteiger partial charge is 0.380 e. The fraction of sp³-hybridized carbons (Fsp3) is 0.143. The molecule has 0 aromatic heterocycles. The van der Waals surface area contributed by atoms with Gasteiger partial charge >= 0.3 is 0 Å². The van der Waals surface area contributed by atoms with Crippen LogP contribution >= 0.6 is 0 Å². The molecule has 1 aliphatic carbocycles. The third kappa shape index (κ3) is 0.360. The van der Waals surface area contributed by atoms with Crippen LogP contribution in [0.15, 0.2) is 30.0 Å². The fourth-order valence-electron chi connectivity index (χ4n) is 0.976. The van der Waals surface area contributed by atoms with Gasteiger partial charge in [0, 0.05) is 12.3 Å². The van der Waals surface area contributed by atoms with Crippen LogP contribution in [0.3, 0.4) is 0 Å². The summed E-state index contributed by atoms with van der Waals surface area (Å²) < 4.78 is 0. The first-order valence-electron chi connectivity index (χ1n) is 2.69. The lowest BCUT2D eigenvalue weighted by molar-refractivity contribution is 0.861. The summed E-state index contributed by atoms with van der Waals surface area (Å²) in [7, 11) is 0. The zero-order valence-electron chi connectivity index (χ0n) is 4.39. The minimum absolute atomic E-state index is 0.440. The van der Waals surface area contributed by atoms with Crippen LogP contribution in [0.4, 0.5) is 0 Å². The van der Waals surface area contributed by atoms with Crippen LogP contribution in [0.25, 0.3) is 0 Å². The standard InChI is InChI=1S/C7H6N/c1-2-6-4-5-8-7(6)3-1/h1-3,5,7-8H. The van der Waals surface area contributed by atoms with E-state index in [1.165, 1.54) is 5.57 Å². The average molecular weight is 104 g/mol. The lowest BCUT2D eigenvalue weighted by atomic mass is 10.2. The van der Waals surface area contributed by atoms with Gasteiger partial charge in [0.2, 0.25) is 0 Å². The molecule has 1 aliphatic heterocycles. The summed E-state index contributed by atoms with van der Waals surface area (Å²) in [6, 6.07) is 0.440. The van der Waals surface area contributed by atoms with E-state index >= 15 is 0 Å². The Morgan fingerprint density at radius 3 is 3.50 bits per heavy atom. The highest BCUT2D eigenvalue weighted by atomic mass is 14.9. The minimum Gasteiger partial charge on any atom is -0.380 e. The second-order valence-electron chi connectivity index (χ2n) is 1.94. The number of nitrogens with one attached hydrogen (secondary N) is 1. The molecule has 0 saturated carbocycles. The second-order valence-corrected chi connectivity index (χ2v) is 1.94. The summed E-state index contributed by atoms with van der Waals surface area (Å²) in [6.45, 7) is 0. The van der Waals surface area contributed by atoms with Crippen molar-refractivity contribution in [2.75, 3.05) is 0 Å². The Morgan fingerprint density at radius 1 is 1.62 bits per heavy atom. The minimum atomic E-state index is 0.440. The van der Waals surface area contributed by atoms with E-state index in [0.29, 0.717) is 6.04 Å². The van der Waals surface area contributed by atoms with Crippen molar-refractivity contribution in [1.29, 1.82) is 0 Å². The highest BCUT2D eigenvalue weighted by Gasteiger charge is 2.14. The molecule has 0 aromatic carbocycles. The number of hydrogen-bond acceptors (Lipinski definition) is 1. The Labute approximate surface area is 48.4 Å². The van der Waals surface area contributed by atoms with E-state index in [1.807, 2.05) is 12.3 Å². The molecule has 1 heteroatoms. The van der Waals surface area contributed by atoms with Crippen LogP contribution in [-0.4, -0.2) is 6.04 Å². The maximum Gasteiger partial charge on any atom is 0.0702 e. The van der Waals surface area contributed by atoms with E-state index in [-0.39, 0.29) is 0 Å². The zero-order chi connectivity index (χ0) is 5.40. The van der Waals surface area contributed by atoms with Crippen LogP contribution < -0.4 is 5.32 Å². The molecule has 1 unspecified atom stereocenters. The van der Waals surface area contributed by atoms with E-state index in [1.54, 1.807) is 0 Å². The normalized spacial score (nSPS) is 30.0. The molecule has 1 N–H and O–H groups in total. The average Bonchev–Trinajstić information content (AvgIpc) is 2.15. The summed E-state index contributed by atoms with van der Waals surface area (Å²) in [5.41, 5.74) is 1.25. The molecule has 2 aliphatic rings. The van der Waals surface area contributed by atoms with Gasteiger partial charge in [0.1, 0.15) is 0 Å². The van der Waals surface area contributed by atoms with Gasteiger partial charge in [0.05, 0.1) is 6.04 Å². The number of rotatable bonds is 0. The zero-order valence-corrected chi connectivity index (χ0v) is 4.39. The fourth-order valence-corrected chi connectivity index (χ4v) is 0.976. The van der Waals surface area contributed by atoms with Gasteiger partial charge in [-0.25, -0.2) is 0 Å². The molecule has 0 amide bonds. The predicted octanol–water partition coefficient (Wildman–Crippen LogP) is 0.771. The third-order valence-electron chi connectivity index (χ3n) is 1.42. The SMILES string of the molecule is [C]1=CNC2C=CC=C12. The maximum atomic E-state index is 3.13. The van der Waals surface area contributed by atoms with Crippen LogP contribution in [0, 0.1) is 6.08 Å². The third-order valence-corrected chi connectivity index (χ3v) is 1.42. The topological polar surface area (TPSA) is 12.0 Å². The van der Waals surface area contributed by atoms with Gasteiger partial charge in [-0.3, -0.25) is 0 Å². The van der Waals surface area contributed by atoms with Crippen molar-refractivity contribution in [2.24, 2.45) is 0 Å². The molecule has 1 heterocycles. The van der Waals surface area contributed by atoms with Crippen molar-refractivity contribution in [2.45, 2.75) is 6.04 Å². The first kappa shape index (κ1) is 3.96. The van der Waals surface area contributed by atoms with Gasteiger partial charge in [-0.15, -0.1) is 0 Å². The van der Waals surface area contributed by atoms with E-state index in [4.69, 9.17) is 0 Å². The molecule has 0 saturated heterocycles. The van der Waals surface area contributed by atoms with E-state index in [9.17, 15) is 0 Å². The molecule has 0 bridgehead atoms. The molecule has 0 aromatic rings.